The van der Waals surface area contributed by atoms with Gasteiger partial charge in [-0.05, 0) is 54.2 Å². The summed E-state index contributed by atoms with van der Waals surface area (Å²) in [7, 11) is 0. The number of fused-ring (bicyclic) bond motifs is 1. The highest BCUT2D eigenvalue weighted by Crippen LogP contribution is 2.26. The first-order valence-corrected chi connectivity index (χ1v) is 12.7. The largest absolute Gasteiger partial charge is 0.325 e. The zero-order valence-electron chi connectivity index (χ0n) is 19.8. The van der Waals surface area contributed by atoms with Crippen LogP contribution in [0.25, 0.3) is 16.6 Å². The fourth-order valence-electron chi connectivity index (χ4n) is 4.16. The molecule has 0 spiro atoms. The van der Waals surface area contributed by atoms with Gasteiger partial charge in [0.05, 0.1) is 22.3 Å². The number of carbonyl (C=O) groups is 1. The molecule has 0 saturated heterocycles. The molecule has 5 nitrogen and oxygen atoms in total. The molecular weight excluding hydrogens is 442 g/mol. The van der Waals surface area contributed by atoms with Crippen LogP contribution in [-0.4, -0.2) is 21.2 Å². The molecular formula is C28H29N3O2S. The Kier molecular flexibility index (Phi) is 7.48. The van der Waals surface area contributed by atoms with Gasteiger partial charge in [-0.2, -0.15) is 0 Å². The lowest BCUT2D eigenvalue weighted by Crippen LogP contribution is -2.24. The monoisotopic (exact) mass is 471 g/mol. The van der Waals surface area contributed by atoms with Crippen molar-refractivity contribution in [2.24, 2.45) is 0 Å². The van der Waals surface area contributed by atoms with E-state index in [1.54, 1.807) is 10.6 Å². The minimum Gasteiger partial charge on any atom is -0.325 e. The molecule has 0 aliphatic carbocycles. The Morgan fingerprint density at radius 1 is 0.853 bits per heavy atom. The van der Waals surface area contributed by atoms with E-state index in [1.165, 1.54) is 11.8 Å². The molecule has 4 aromatic rings. The number of amides is 1. The van der Waals surface area contributed by atoms with Gasteiger partial charge in [-0.15, -0.1) is 0 Å². The predicted octanol–water partition coefficient (Wildman–Crippen LogP) is 5.80. The van der Waals surface area contributed by atoms with Crippen molar-refractivity contribution in [2.45, 2.75) is 45.2 Å². The van der Waals surface area contributed by atoms with Crippen molar-refractivity contribution in [3.63, 3.8) is 0 Å². The third kappa shape index (κ3) is 4.77. The van der Waals surface area contributed by atoms with Crippen molar-refractivity contribution >= 4 is 34.3 Å². The number of carbonyl (C=O) groups excluding carboxylic acids is 1. The number of thioether (sulfide) groups is 1. The summed E-state index contributed by atoms with van der Waals surface area (Å²) in [4.78, 5) is 31.3. The second-order valence-corrected chi connectivity index (χ2v) is 8.97. The summed E-state index contributed by atoms with van der Waals surface area (Å²) in [6, 6.07) is 21.3. The molecule has 3 aromatic carbocycles. The number of para-hydroxylation sites is 3. The second-order valence-electron chi connectivity index (χ2n) is 8.03. The van der Waals surface area contributed by atoms with E-state index >= 15 is 0 Å². The molecule has 1 N–H and O–H groups in total. The van der Waals surface area contributed by atoms with Gasteiger partial charge < -0.3 is 5.32 Å². The number of benzene rings is 3. The van der Waals surface area contributed by atoms with Crippen LogP contribution in [0.3, 0.4) is 0 Å². The van der Waals surface area contributed by atoms with Gasteiger partial charge in [0.2, 0.25) is 5.91 Å². The van der Waals surface area contributed by atoms with E-state index in [0.717, 1.165) is 47.3 Å². The maximum atomic E-state index is 13.5. The Bertz CT molecular complexity index is 1370. The Hall–Kier alpha value is -3.38. The lowest BCUT2D eigenvalue weighted by Gasteiger charge is -2.17. The molecule has 0 fully saturated rings. The summed E-state index contributed by atoms with van der Waals surface area (Å²) in [5.74, 6) is 0.0404. The fourth-order valence-corrected chi connectivity index (χ4v) is 4.96. The van der Waals surface area contributed by atoms with E-state index in [-0.39, 0.29) is 17.2 Å². The number of hydrogen-bond donors (Lipinski definition) is 1. The summed E-state index contributed by atoms with van der Waals surface area (Å²) in [5, 5.41) is 4.18. The van der Waals surface area contributed by atoms with Crippen LogP contribution >= 0.6 is 11.8 Å². The SMILES string of the molecule is CCc1ccccc1-n1c(SCC(=O)Nc2c(CC)cccc2CC)nc2ccccc2c1=O. The fraction of sp³-hybridized carbons (Fsp3) is 0.250. The van der Waals surface area contributed by atoms with E-state index in [9.17, 15) is 9.59 Å². The number of nitrogens with one attached hydrogen (secondary N) is 1. The molecule has 34 heavy (non-hydrogen) atoms. The van der Waals surface area contributed by atoms with E-state index in [1.807, 2.05) is 60.7 Å². The van der Waals surface area contributed by atoms with Gasteiger partial charge in [0.1, 0.15) is 0 Å². The van der Waals surface area contributed by atoms with Crippen LogP contribution in [0.5, 0.6) is 0 Å². The highest BCUT2D eigenvalue weighted by molar-refractivity contribution is 7.99. The molecule has 0 radical (unpaired) electrons. The van der Waals surface area contributed by atoms with Crippen LogP contribution in [0, 0.1) is 0 Å². The maximum Gasteiger partial charge on any atom is 0.266 e. The molecule has 174 valence electrons. The first-order valence-electron chi connectivity index (χ1n) is 11.7. The number of hydrogen-bond acceptors (Lipinski definition) is 4. The van der Waals surface area contributed by atoms with Gasteiger partial charge in [0.15, 0.2) is 5.16 Å². The highest BCUT2D eigenvalue weighted by Gasteiger charge is 2.17. The first-order chi connectivity index (χ1) is 16.6. The van der Waals surface area contributed by atoms with Crippen LogP contribution < -0.4 is 10.9 Å². The summed E-state index contributed by atoms with van der Waals surface area (Å²) < 4.78 is 1.65. The van der Waals surface area contributed by atoms with Crippen molar-refractivity contribution in [2.75, 3.05) is 11.1 Å². The van der Waals surface area contributed by atoms with Crippen molar-refractivity contribution in [1.82, 2.24) is 9.55 Å². The average molecular weight is 472 g/mol. The van der Waals surface area contributed by atoms with Crippen LogP contribution in [0.1, 0.15) is 37.5 Å². The second kappa shape index (κ2) is 10.7. The van der Waals surface area contributed by atoms with Gasteiger partial charge in [0.25, 0.3) is 5.56 Å². The van der Waals surface area contributed by atoms with Gasteiger partial charge in [-0.3, -0.25) is 14.2 Å². The van der Waals surface area contributed by atoms with Crippen LogP contribution in [0.2, 0.25) is 0 Å². The van der Waals surface area contributed by atoms with Gasteiger partial charge in [0, 0.05) is 5.69 Å². The van der Waals surface area contributed by atoms with Gasteiger partial charge >= 0.3 is 0 Å². The van der Waals surface area contributed by atoms with Crippen LogP contribution in [0.4, 0.5) is 5.69 Å². The molecule has 1 amide bonds. The summed E-state index contributed by atoms with van der Waals surface area (Å²) in [6.45, 7) is 6.24. The van der Waals surface area contributed by atoms with Crippen molar-refractivity contribution in [1.29, 1.82) is 0 Å². The Morgan fingerprint density at radius 2 is 1.47 bits per heavy atom. The molecule has 1 aromatic heterocycles. The van der Waals surface area contributed by atoms with Gasteiger partial charge in [-0.25, -0.2) is 4.98 Å². The van der Waals surface area contributed by atoms with E-state index in [2.05, 4.69) is 26.1 Å². The molecule has 0 aliphatic heterocycles. The molecule has 4 rings (SSSR count). The summed E-state index contributed by atoms with van der Waals surface area (Å²) in [5.41, 5.74) is 5.51. The zero-order valence-corrected chi connectivity index (χ0v) is 20.6. The van der Waals surface area contributed by atoms with E-state index in [0.29, 0.717) is 16.1 Å². The molecule has 0 atom stereocenters. The highest BCUT2D eigenvalue weighted by atomic mass is 32.2. The Balaban J connectivity index is 1.70. The van der Waals surface area contributed by atoms with E-state index in [4.69, 9.17) is 4.98 Å². The lowest BCUT2D eigenvalue weighted by atomic mass is 10.0. The predicted molar refractivity (Wildman–Crippen MR) is 141 cm³/mol. The Labute approximate surface area is 204 Å². The third-order valence-electron chi connectivity index (χ3n) is 5.95. The molecule has 0 unspecified atom stereocenters. The number of aromatic nitrogens is 2. The molecule has 0 aliphatic rings. The van der Waals surface area contributed by atoms with Crippen LogP contribution in [0.15, 0.2) is 76.7 Å². The molecule has 0 bridgehead atoms. The van der Waals surface area contributed by atoms with Crippen LogP contribution in [-0.2, 0) is 24.1 Å². The number of rotatable bonds is 8. The smallest absolute Gasteiger partial charge is 0.266 e. The summed E-state index contributed by atoms with van der Waals surface area (Å²) in [6.07, 6.45) is 2.47. The standard InChI is InChI=1S/C28H29N3O2S/c1-4-19-12-7-10-17-24(19)31-27(33)22-15-8-9-16-23(22)29-28(31)34-18-25(32)30-26-20(5-2)13-11-14-21(26)6-3/h7-17H,4-6,18H2,1-3H3,(H,30,32). The normalized spacial score (nSPS) is 11.0. The first kappa shape index (κ1) is 23.8. The van der Waals surface area contributed by atoms with Crippen molar-refractivity contribution < 1.29 is 4.79 Å². The zero-order chi connectivity index (χ0) is 24.1. The van der Waals surface area contributed by atoms with Crippen molar-refractivity contribution in [3.05, 3.63) is 93.8 Å². The molecule has 6 heteroatoms. The topological polar surface area (TPSA) is 64.0 Å². The van der Waals surface area contributed by atoms with Gasteiger partial charge in [-0.1, -0.05) is 81.1 Å². The molecule has 1 heterocycles. The minimum atomic E-state index is -0.126. The number of nitrogens with zero attached hydrogens (tertiary/aromatic N) is 2. The summed E-state index contributed by atoms with van der Waals surface area (Å²) >= 11 is 1.28. The van der Waals surface area contributed by atoms with E-state index < -0.39 is 0 Å². The maximum absolute atomic E-state index is 13.5. The minimum absolute atomic E-state index is 0.113. The lowest BCUT2D eigenvalue weighted by molar-refractivity contribution is -0.113. The Morgan fingerprint density at radius 3 is 2.18 bits per heavy atom. The average Bonchev–Trinajstić information content (AvgIpc) is 2.87. The number of anilines is 1. The number of aryl methyl sites for hydroxylation is 3. The quantitative estimate of drug-likeness (QED) is 0.260. The third-order valence-corrected chi connectivity index (χ3v) is 6.89. The van der Waals surface area contributed by atoms with Crippen molar-refractivity contribution in [3.8, 4) is 5.69 Å². The molecule has 0 saturated carbocycles.